The second kappa shape index (κ2) is 11.6. The molecule has 0 spiro atoms. The highest BCUT2D eigenvalue weighted by atomic mass is 32.2. The van der Waals surface area contributed by atoms with Crippen molar-refractivity contribution in [2.75, 3.05) is 0 Å². The molecule has 5 heteroatoms. The predicted molar refractivity (Wildman–Crippen MR) is 126 cm³/mol. The molecule has 0 radical (unpaired) electrons. The van der Waals surface area contributed by atoms with Gasteiger partial charge in [-0.15, -0.1) is 0 Å². The molecule has 3 rings (SSSR count). The van der Waals surface area contributed by atoms with Crippen molar-refractivity contribution >= 4 is 15.8 Å². The maximum Gasteiger partial charge on any atom is 0.338 e. The second-order valence-corrected chi connectivity index (χ2v) is 9.80. The Balaban J connectivity index is 1.78. The third-order valence-electron chi connectivity index (χ3n) is 5.44. The van der Waals surface area contributed by atoms with Gasteiger partial charge in [-0.25, -0.2) is 13.2 Å². The predicted octanol–water partition coefficient (Wildman–Crippen LogP) is 6.78. The lowest BCUT2D eigenvalue weighted by molar-refractivity contribution is 0.0270. The lowest BCUT2D eigenvalue weighted by atomic mass is 10.0. The molecule has 3 aromatic rings. The third-order valence-corrected chi connectivity index (χ3v) is 7.23. The molecule has 1 atom stereocenters. The Bertz CT molecular complexity index is 1080. The summed E-state index contributed by atoms with van der Waals surface area (Å²) < 4.78 is 31.6. The molecular weight excluding hydrogens is 420 g/mol. The van der Waals surface area contributed by atoms with Gasteiger partial charge in [-0.05, 0) is 54.8 Å². The lowest BCUT2D eigenvalue weighted by Crippen LogP contribution is -2.12. The molecule has 1 unspecified atom stereocenters. The monoisotopic (exact) mass is 450 g/mol. The Morgan fingerprint density at radius 2 is 1.31 bits per heavy atom. The van der Waals surface area contributed by atoms with Gasteiger partial charge in [0.05, 0.1) is 15.4 Å². The van der Waals surface area contributed by atoms with E-state index < -0.39 is 15.9 Å². The minimum Gasteiger partial charge on any atom is -0.454 e. The average Bonchev–Trinajstić information content (AvgIpc) is 2.84. The van der Waals surface area contributed by atoms with E-state index in [1.165, 1.54) is 12.8 Å². The number of carbonyl (C=O) groups is 1. The van der Waals surface area contributed by atoms with E-state index in [-0.39, 0.29) is 15.8 Å². The minimum atomic E-state index is -3.58. The van der Waals surface area contributed by atoms with Gasteiger partial charge in [-0.1, -0.05) is 81.1 Å². The van der Waals surface area contributed by atoms with E-state index in [0.717, 1.165) is 24.8 Å². The highest BCUT2D eigenvalue weighted by molar-refractivity contribution is 7.91. The molecule has 0 saturated carbocycles. The van der Waals surface area contributed by atoms with Gasteiger partial charge in [0, 0.05) is 0 Å². The van der Waals surface area contributed by atoms with Crippen LogP contribution in [-0.2, 0) is 14.6 Å². The number of ether oxygens (including phenoxy) is 1. The van der Waals surface area contributed by atoms with Crippen molar-refractivity contribution in [1.82, 2.24) is 0 Å². The first-order chi connectivity index (χ1) is 15.5. The van der Waals surface area contributed by atoms with Crippen LogP contribution in [-0.4, -0.2) is 14.4 Å². The van der Waals surface area contributed by atoms with Crippen molar-refractivity contribution in [2.24, 2.45) is 0 Å². The van der Waals surface area contributed by atoms with Gasteiger partial charge in [0.25, 0.3) is 0 Å². The number of esters is 1. The van der Waals surface area contributed by atoms with Crippen LogP contribution in [0.5, 0.6) is 0 Å². The smallest absolute Gasteiger partial charge is 0.338 e. The van der Waals surface area contributed by atoms with Crippen molar-refractivity contribution in [2.45, 2.75) is 61.3 Å². The zero-order chi connectivity index (χ0) is 22.8. The molecule has 32 heavy (non-hydrogen) atoms. The van der Waals surface area contributed by atoms with E-state index >= 15 is 0 Å². The molecule has 0 fully saturated rings. The second-order valence-electron chi connectivity index (χ2n) is 7.85. The van der Waals surface area contributed by atoms with Crippen LogP contribution in [0.25, 0.3) is 0 Å². The van der Waals surface area contributed by atoms with Crippen molar-refractivity contribution in [1.29, 1.82) is 0 Å². The topological polar surface area (TPSA) is 60.4 Å². The largest absolute Gasteiger partial charge is 0.454 e. The molecule has 0 bridgehead atoms. The highest BCUT2D eigenvalue weighted by Gasteiger charge is 2.21. The van der Waals surface area contributed by atoms with Gasteiger partial charge in [0.15, 0.2) is 0 Å². The fourth-order valence-corrected chi connectivity index (χ4v) is 4.88. The number of hydrogen-bond acceptors (Lipinski definition) is 4. The highest BCUT2D eigenvalue weighted by Crippen LogP contribution is 2.28. The first-order valence-corrected chi connectivity index (χ1v) is 12.7. The number of unbranched alkanes of at least 4 members (excludes halogenated alkanes) is 4. The first-order valence-electron chi connectivity index (χ1n) is 11.2. The molecule has 0 saturated heterocycles. The molecule has 4 nitrogen and oxygen atoms in total. The van der Waals surface area contributed by atoms with Crippen LogP contribution in [0.2, 0.25) is 0 Å². The zero-order valence-corrected chi connectivity index (χ0v) is 19.3. The summed E-state index contributed by atoms with van der Waals surface area (Å²) in [6.45, 7) is 2.18. The molecular formula is C27H30O4S. The van der Waals surface area contributed by atoms with Gasteiger partial charge in [0.1, 0.15) is 6.10 Å². The molecule has 0 aliphatic heterocycles. The number of sulfone groups is 1. The maximum atomic E-state index is 12.9. The molecule has 0 N–H and O–H groups in total. The average molecular weight is 451 g/mol. The summed E-state index contributed by atoms with van der Waals surface area (Å²) in [6.07, 6.45) is 5.82. The molecule has 0 aromatic heterocycles. The Morgan fingerprint density at radius 3 is 1.94 bits per heavy atom. The van der Waals surface area contributed by atoms with Crippen molar-refractivity contribution in [3.05, 3.63) is 96.1 Å². The van der Waals surface area contributed by atoms with E-state index in [2.05, 4.69) is 6.92 Å². The molecule has 0 aliphatic carbocycles. The SMILES string of the molecule is CCCCCCCC(OC(=O)c1ccccc1)c1ccc(S(=O)(=O)c2ccccc2)cc1. The first kappa shape index (κ1) is 23.7. The summed E-state index contributed by atoms with van der Waals surface area (Å²) in [5.74, 6) is -0.370. The fourth-order valence-electron chi connectivity index (χ4n) is 3.60. The Kier molecular flexibility index (Phi) is 8.63. The van der Waals surface area contributed by atoms with Crippen LogP contribution >= 0.6 is 0 Å². The van der Waals surface area contributed by atoms with Crippen LogP contribution in [0, 0.1) is 0 Å². The Labute approximate surface area is 191 Å². The normalized spacial score (nSPS) is 12.3. The van der Waals surface area contributed by atoms with E-state index in [0.29, 0.717) is 12.0 Å². The summed E-state index contributed by atoms with van der Waals surface area (Å²) >= 11 is 0. The number of benzene rings is 3. The maximum absolute atomic E-state index is 12.9. The fraction of sp³-hybridized carbons (Fsp3) is 0.296. The summed E-state index contributed by atoms with van der Waals surface area (Å²) in [6, 6.07) is 24.0. The van der Waals surface area contributed by atoms with E-state index in [1.807, 2.05) is 6.07 Å². The zero-order valence-electron chi connectivity index (χ0n) is 18.4. The summed E-state index contributed by atoms with van der Waals surface area (Å²) in [4.78, 5) is 13.1. The van der Waals surface area contributed by atoms with Gasteiger partial charge in [-0.3, -0.25) is 0 Å². The van der Waals surface area contributed by atoms with E-state index in [9.17, 15) is 13.2 Å². The standard InChI is InChI=1S/C27H30O4S/c1-2-3-4-5-12-17-26(31-27(28)23-13-8-6-9-14-23)22-18-20-25(21-19-22)32(29,30)24-15-10-7-11-16-24/h6-11,13-16,18-21,26H,2-5,12,17H2,1H3. The van der Waals surface area contributed by atoms with Crippen molar-refractivity contribution in [3.63, 3.8) is 0 Å². The quantitative estimate of drug-likeness (QED) is 0.239. The van der Waals surface area contributed by atoms with Crippen LogP contribution in [0.3, 0.4) is 0 Å². The van der Waals surface area contributed by atoms with Crippen LogP contribution in [0.1, 0.15) is 67.5 Å². The van der Waals surface area contributed by atoms with Gasteiger partial charge < -0.3 is 4.74 Å². The van der Waals surface area contributed by atoms with Gasteiger partial charge in [-0.2, -0.15) is 0 Å². The molecule has 0 heterocycles. The number of hydrogen-bond donors (Lipinski definition) is 0. The third kappa shape index (κ3) is 6.30. The van der Waals surface area contributed by atoms with Gasteiger partial charge in [0.2, 0.25) is 9.84 Å². The Morgan fingerprint density at radius 1 is 0.750 bits per heavy atom. The lowest BCUT2D eigenvalue weighted by Gasteiger charge is -2.19. The van der Waals surface area contributed by atoms with Gasteiger partial charge >= 0.3 is 5.97 Å². The number of rotatable bonds is 11. The van der Waals surface area contributed by atoms with E-state index in [1.54, 1.807) is 78.9 Å². The minimum absolute atomic E-state index is 0.225. The summed E-state index contributed by atoms with van der Waals surface area (Å²) in [7, 11) is -3.58. The van der Waals surface area contributed by atoms with E-state index in [4.69, 9.17) is 4.74 Å². The molecule has 0 aliphatic rings. The number of carbonyl (C=O) groups excluding carboxylic acids is 1. The van der Waals surface area contributed by atoms with Crippen molar-refractivity contribution < 1.29 is 17.9 Å². The molecule has 168 valence electrons. The Hall–Kier alpha value is -2.92. The molecule has 3 aromatic carbocycles. The summed E-state index contributed by atoms with van der Waals surface area (Å²) in [5.41, 5.74) is 1.31. The summed E-state index contributed by atoms with van der Waals surface area (Å²) in [5, 5.41) is 0. The van der Waals surface area contributed by atoms with Crippen LogP contribution in [0.15, 0.2) is 94.7 Å². The van der Waals surface area contributed by atoms with Crippen LogP contribution in [0.4, 0.5) is 0 Å². The van der Waals surface area contributed by atoms with Crippen LogP contribution < -0.4 is 0 Å². The van der Waals surface area contributed by atoms with Crippen molar-refractivity contribution in [3.8, 4) is 0 Å². The molecule has 0 amide bonds.